The summed E-state index contributed by atoms with van der Waals surface area (Å²) in [7, 11) is 0. The minimum Gasteiger partial charge on any atom is -0.467 e. The van der Waals surface area contributed by atoms with Crippen LogP contribution in [-0.2, 0) is 17.9 Å². The van der Waals surface area contributed by atoms with E-state index < -0.39 is 0 Å². The van der Waals surface area contributed by atoms with Crippen molar-refractivity contribution in [3.05, 3.63) is 103 Å². The van der Waals surface area contributed by atoms with Crippen molar-refractivity contribution in [3.8, 4) is 5.69 Å². The number of carbonyl (C=O) groups excluding carboxylic acids is 1. The van der Waals surface area contributed by atoms with Crippen LogP contribution in [0.5, 0.6) is 0 Å². The fourth-order valence-electron chi connectivity index (χ4n) is 3.82. The number of nitrogens with zero attached hydrogens (tertiary/aromatic N) is 3. The first-order valence-corrected chi connectivity index (χ1v) is 12.4. The maximum Gasteiger partial charge on any atom is 0.221 e. The molecule has 176 valence electrons. The molecule has 2 N–H and O–H groups in total. The van der Waals surface area contributed by atoms with Gasteiger partial charge in [-0.3, -0.25) is 9.36 Å². The van der Waals surface area contributed by atoms with Gasteiger partial charge in [0.25, 0.3) is 0 Å². The van der Waals surface area contributed by atoms with E-state index in [9.17, 15) is 4.79 Å². The summed E-state index contributed by atoms with van der Waals surface area (Å²) in [6.07, 6.45) is 1.97. The van der Waals surface area contributed by atoms with Crippen molar-refractivity contribution >= 4 is 34.1 Å². The van der Waals surface area contributed by atoms with Gasteiger partial charge < -0.3 is 15.1 Å². The van der Waals surface area contributed by atoms with Crippen LogP contribution >= 0.6 is 11.8 Å². The highest BCUT2D eigenvalue weighted by Crippen LogP contribution is 2.26. The number of hydrogen-bond acceptors (Lipinski definition) is 6. The van der Waals surface area contributed by atoms with Crippen molar-refractivity contribution in [2.24, 2.45) is 0 Å². The number of amides is 1. The normalized spacial score (nSPS) is 11.0. The summed E-state index contributed by atoms with van der Waals surface area (Å²) in [5.41, 5.74) is 2.03. The Labute approximate surface area is 207 Å². The Morgan fingerprint density at radius 2 is 1.71 bits per heavy atom. The summed E-state index contributed by atoms with van der Waals surface area (Å²) in [5, 5.41) is 18.4. The molecule has 7 nitrogen and oxygen atoms in total. The minimum atomic E-state index is -0.0301. The van der Waals surface area contributed by atoms with Crippen molar-refractivity contribution in [1.29, 1.82) is 0 Å². The van der Waals surface area contributed by atoms with Crippen LogP contribution in [-0.4, -0.2) is 26.4 Å². The first-order valence-electron chi connectivity index (χ1n) is 11.4. The van der Waals surface area contributed by atoms with E-state index in [1.165, 1.54) is 17.1 Å². The van der Waals surface area contributed by atoms with E-state index in [4.69, 9.17) is 4.42 Å². The van der Waals surface area contributed by atoms with Crippen molar-refractivity contribution in [2.75, 3.05) is 11.1 Å². The van der Waals surface area contributed by atoms with Gasteiger partial charge in [-0.1, -0.05) is 66.4 Å². The number of nitrogens with one attached hydrogen (secondary N) is 2. The standard InChI is InChI=1S/C27H25N5O2S/c33-26(29-18-22-12-7-16-34-22)15-17-35-27-31-30-25(32(27)21-10-2-1-3-11-21)19-28-24-14-6-9-20-8-4-5-13-23(20)24/h1-14,16,28H,15,17-19H2,(H,29,33). The van der Waals surface area contributed by atoms with Gasteiger partial charge in [-0.2, -0.15) is 0 Å². The van der Waals surface area contributed by atoms with Crippen molar-refractivity contribution in [3.63, 3.8) is 0 Å². The number of benzene rings is 3. The number of hydrogen-bond donors (Lipinski definition) is 2. The Kier molecular flexibility index (Phi) is 7.10. The maximum absolute atomic E-state index is 12.2. The molecule has 0 atom stereocenters. The molecular formula is C27H25N5O2S. The topological polar surface area (TPSA) is 85.0 Å². The van der Waals surface area contributed by atoms with Gasteiger partial charge in [0.2, 0.25) is 5.91 Å². The van der Waals surface area contributed by atoms with Gasteiger partial charge in [-0.05, 0) is 35.7 Å². The maximum atomic E-state index is 12.2. The molecule has 0 spiro atoms. The van der Waals surface area contributed by atoms with Gasteiger partial charge in [0.05, 0.1) is 19.4 Å². The molecule has 5 aromatic rings. The summed E-state index contributed by atoms with van der Waals surface area (Å²) in [5.74, 6) is 2.09. The number of para-hydroxylation sites is 1. The van der Waals surface area contributed by atoms with Gasteiger partial charge >= 0.3 is 0 Å². The van der Waals surface area contributed by atoms with Crippen LogP contribution in [0.1, 0.15) is 18.0 Å². The van der Waals surface area contributed by atoms with Gasteiger partial charge in [-0.25, -0.2) is 0 Å². The van der Waals surface area contributed by atoms with Crippen LogP contribution in [0.15, 0.2) is 101 Å². The SMILES string of the molecule is O=C(CCSc1nnc(CNc2cccc3ccccc23)n1-c1ccccc1)NCc1ccco1. The van der Waals surface area contributed by atoms with Crippen molar-refractivity contribution in [2.45, 2.75) is 24.7 Å². The lowest BCUT2D eigenvalue weighted by atomic mass is 10.1. The molecule has 0 aliphatic heterocycles. The molecule has 8 heteroatoms. The highest BCUT2D eigenvalue weighted by molar-refractivity contribution is 7.99. The average molecular weight is 484 g/mol. The predicted molar refractivity (Wildman–Crippen MR) is 139 cm³/mol. The summed E-state index contributed by atoms with van der Waals surface area (Å²) < 4.78 is 7.30. The van der Waals surface area contributed by atoms with E-state index in [1.807, 2.05) is 59.2 Å². The molecule has 0 saturated heterocycles. The molecular weight excluding hydrogens is 458 g/mol. The highest BCUT2D eigenvalue weighted by Gasteiger charge is 2.15. The molecule has 2 heterocycles. The molecule has 3 aromatic carbocycles. The minimum absolute atomic E-state index is 0.0301. The fraction of sp³-hybridized carbons (Fsp3) is 0.148. The number of thioether (sulfide) groups is 1. The van der Waals surface area contributed by atoms with E-state index in [1.54, 1.807) is 12.3 Å². The largest absolute Gasteiger partial charge is 0.467 e. The summed E-state index contributed by atoms with van der Waals surface area (Å²) in [4.78, 5) is 12.2. The quantitative estimate of drug-likeness (QED) is 0.258. The van der Waals surface area contributed by atoms with Crippen LogP contribution in [0, 0.1) is 0 Å². The zero-order chi connectivity index (χ0) is 23.9. The zero-order valence-electron chi connectivity index (χ0n) is 19.1. The summed E-state index contributed by atoms with van der Waals surface area (Å²) in [6, 6.07) is 28.2. The first kappa shape index (κ1) is 22.7. The third-order valence-electron chi connectivity index (χ3n) is 5.54. The zero-order valence-corrected chi connectivity index (χ0v) is 19.9. The highest BCUT2D eigenvalue weighted by atomic mass is 32.2. The fourth-order valence-corrected chi connectivity index (χ4v) is 4.73. The lowest BCUT2D eigenvalue weighted by Gasteiger charge is -2.12. The Bertz CT molecular complexity index is 1390. The second-order valence-electron chi connectivity index (χ2n) is 7.90. The molecule has 0 aliphatic rings. The number of carbonyl (C=O) groups is 1. The second-order valence-corrected chi connectivity index (χ2v) is 8.97. The summed E-state index contributed by atoms with van der Waals surface area (Å²) >= 11 is 1.52. The van der Waals surface area contributed by atoms with Gasteiger partial charge in [0.15, 0.2) is 11.0 Å². The Hall–Kier alpha value is -4.04. The number of furan rings is 1. The molecule has 5 rings (SSSR count). The Morgan fingerprint density at radius 1 is 0.886 bits per heavy atom. The predicted octanol–water partition coefficient (Wildman–Crippen LogP) is 5.42. The number of rotatable bonds is 10. The molecule has 0 radical (unpaired) electrons. The number of aromatic nitrogens is 3. The van der Waals surface area contributed by atoms with E-state index in [2.05, 4.69) is 45.1 Å². The van der Waals surface area contributed by atoms with Gasteiger partial charge in [0.1, 0.15) is 5.76 Å². The third kappa shape index (κ3) is 5.55. The van der Waals surface area contributed by atoms with E-state index >= 15 is 0 Å². The Balaban J connectivity index is 1.28. The van der Waals surface area contributed by atoms with Crippen LogP contribution in [0.25, 0.3) is 16.5 Å². The molecule has 0 bridgehead atoms. The van der Waals surface area contributed by atoms with E-state index in [0.717, 1.165) is 33.5 Å². The first-order chi connectivity index (χ1) is 17.3. The number of anilines is 1. The molecule has 35 heavy (non-hydrogen) atoms. The molecule has 0 saturated carbocycles. The lowest BCUT2D eigenvalue weighted by molar-refractivity contribution is -0.120. The Morgan fingerprint density at radius 3 is 2.57 bits per heavy atom. The molecule has 0 unspecified atom stereocenters. The van der Waals surface area contributed by atoms with Crippen molar-refractivity contribution in [1.82, 2.24) is 20.1 Å². The van der Waals surface area contributed by atoms with Gasteiger partial charge in [-0.15, -0.1) is 10.2 Å². The van der Waals surface area contributed by atoms with Gasteiger partial charge in [0, 0.05) is 28.9 Å². The molecule has 0 fully saturated rings. The summed E-state index contributed by atoms with van der Waals surface area (Å²) in [6.45, 7) is 0.904. The van der Waals surface area contributed by atoms with E-state index in [0.29, 0.717) is 25.3 Å². The van der Waals surface area contributed by atoms with Crippen LogP contribution in [0.2, 0.25) is 0 Å². The lowest BCUT2D eigenvalue weighted by Crippen LogP contribution is -2.22. The number of fused-ring (bicyclic) bond motifs is 1. The molecule has 2 aromatic heterocycles. The second kappa shape index (κ2) is 10.9. The van der Waals surface area contributed by atoms with Crippen molar-refractivity contribution < 1.29 is 9.21 Å². The molecule has 0 aliphatic carbocycles. The van der Waals surface area contributed by atoms with E-state index in [-0.39, 0.29) is 5.91 Å². The monoisotopic (exact) mass is 483 g/mol. The average Bonchev–Trinajstić information content (AvgIpc) is 3.57. The molecule has 1 amide bonds. The smallest absolute Gasteiger partial charge is 0.221 e. The third-order valence-corrected chi connectivity index (χ3v) is 6.47. The van der Waals surface area contributed by atoms with Crippen LogP contribution in [0.3, 0.4) is 0 Å². The van der Waals surface area contributed by atoms with Crippen LogP contribution < -0.4 is 10.6 Å². The van der Waals surface area contributed by atoms with Crippen LogP contribution in [0.4, 0.5) is 5.69 Å².